The number of hydrogen-bond acceptors (Lipinski definition) is 6. The Morgan fingerprint density at radius 3 is 2.95 bits per heavy atom. The Hall–Kier alpha value is -2.41. The molecule has 2 unspecified atom stereocenters. The number of nitrogens with zero attached hydrogens (tertiary/aromatic N) is 4. The molecule has 0 bridgehead atoms. The molecule has 0 spiro atoms. The average Bonchev–Trinajstić information content (AvgIpc) is 3.01. The molecule has 0 saturated heterocycles. The number of nitrogens with one attached hydrogen (secondary N) is 1. The molecule has 7 heteroatoms. The third-order valence-corrected chi connectivity index (χ3v) is 3.87. The van der Waals surface area contributed by atoms with E-state index in [9.17, 15) is 5.11 Å². The number of aromatic nitrogens is 4. The van der Waals surface area contributed by atoms with E-state index in [2.05, 4.69) is 32.4 Å². The number of nitrogens with two attached hydrogens (primary N) is 1. The Labute approximate surface area is 121 Å². The number of rotatable bonds is 4. The number of fused-ring (bicyclic) bond motifs is 1. The molecular weight excluding hydrogens is 268 g/mol. The Kier molecular flexibility index (Phi) is 2.68. The zero-order valence-electron chi connectivity index (χ0n) is 11.4. The molecule has 2 aromatic heterocycles. The lowest BCUT2D eigenvalue weighted by Gasteiger charge is -2.13. The van der Waals surface area contributed by atoms with Gasteiger partial charge in [-0.25, -0.2) is 4.98 Å². The van der Waals surface area contributed by atoms with Crippen LogP contribution in [0, 0.1) is 5.92 Å². The normalized spacial score (nSPS) is 23.6. The second kappa shape index (κ2) is 4.56. The van der Waals surface area contributed by atoms with Gasteiger partial charge in [0, 0.05) is 24.6 Å². The summed E-state index contributed by atoms with van der Waals surface area (Å²) in [5.74, 6) is 1.08. The lowest BCUT2D eigenvalue weighted by molar-refractivity contribution is 0.244. The molecule has 2 aromatic rings. The maximum atomic E-state index is 9.25. The van der Waals surface area contributed by atoms with Gasteiger partial charge in [-0.15, -0.1) is 0 Å². The summed E-state index contributed by atoms with van der Waals surface area (Å²) >= 11 is 0. The summed E-state index contributed by atoms with van der Waals surface area (Å²) in [5, 5.41) is 12.5. The molecule has 0 radical (unpaired) electrons. The fraction of sp³-hybridized carbons (Fsp3) is 0.357. The van der Waals surface area contributed by atoms with Crippen molar-refractivity contribution < 1.29 is 5.11 Å². The van der Waals surface area contributed by atoms with Crippen molar-refractivity contribution in [3.05, 3.63) is 30.3 Å². The monoisotopic (exact) mass is 284 g/mol. The number of aliphatic hydroxyl groups excluding tert-OH is 1. The molecule has 7 nitrogen and oxygen atoms in total. The highest BCUT2D eigenvalue weighted by Crippen LogP contribution is 2.32. The van der Waals surface area contributed by atoms with E-state index in [0.29, 0.717) is 5.82 Å². The summed E-state index contributed by atoms with van der Waals surface area (Å²) in [7, 11) is 0. The predicted molar refractivity (Wildman–Crippen MR) is 79.4 cm³/mol. The van der Waals surface area contributed by atoms with Gasteiger partial charge in [0.25, 0.3) is 0 Å². The van der Waals surface area contributed by atoms with Crippen molar-refractivity contribution in [2.45, 2.75) is 18.9 Å². The third kappa shape index (κ3) is 2.15. The molecule has 0 aromatic carbocycles. The van der Waals surface area contributed by atoms with Gasteiger partial charge in [0.15, 0.2) is 17.0 Å². The first-order chi connectivity index (χ1) is 10.2. The quantitative estimate of drug-likeness (QED) is 0.730. The van der Waals surface area contributed by atoms with Crippen molar-refractivity contribution in [3.8, 4) is 0 Å². The first-order valence-electron chi connectivity index (χ1n) is 7.00. The van der Waals surface area contributed by atoms with E-state index in [1.165, 1.54) is 0 Å². The van der Waals surface area contributed by atoms with E-state index < -0.39 is 0 Å². The van der Waals surface area contributed by atoms with Crippen LogP contribution >= 0.6 is 0 Å². The lowest BCUT2D eigenvalue weighted by atomic mass is 10.1. The van der Waals surface area contributed by atoms with Crippen LogP contribution in [0.5, 0.6) is 0 Å². The maximum Gasteiger partial charge on any atom is 0.224 e. The van der Waals surface area contributed by atoms with Crippen LogP contribution in [0.15, 0.2) is 30.3 Å². The molecule has 4 rings (SSSR count). The number of hydrogen-bond donors (Lipinski definition) is 3. The van der Waals surface area contributed by atoms with Gasteiger partial charge in [-0.1, -0.05) is 18.2 Å². The molecule has 0 fully saturated rings. The summed E-state index contributed by atoms with van der Waals surface area (Å²) in [5.41, 5.74) is 8.39. The highest BCUT2D eigenvalue weighted by Gasteiger charge is 2.23. The molecule has 0 amide bonds. The van der Waals surface area contributed by atoms with Crippen LogP contribution in [0.1, 0.15) is 18.9 Å². The van der Waals surface area contributed by atoms with E-state index in [4.69, 9.17) is 5.73 Å². The van der Waals surface area contributed by atoms with E-state index in [1.54, 1.807) is 6.33 Å². The maximum absolute atomic E-state index is 9.25. The minimum atomic E-state index is 0.148. The van der Waals surface area contributed by atoms with Crippen molar-refractivity contribution in [2.24, 2.45) is 5.92 Å². The fourth-order valence-corrected chi connectivity index (χ4v) is 2.66. The first kappa shape index (κ1) is 12.3. The molecule has 0 saturated carbocycles. The van der Waals surface area contributed by atoms with Gasteiger partial charge in [-0.2, -0.15) is 9.97 Å². The molecule has 2 aliphatic rings. The first-order valence-corrected chi connectivity index (χ1v) is 7.00. The lowest BCUT2D eigenvalue weighted by Crippen LogP contribution is -2.09. The minimum absolute atomic E-state index is 0.148. The summed E-state index contributed by atoms with van der Waals surface area (Å²) in [4.78, 5) is 13.0. The molecule has 0 aliphatic heterocycles. The third-order valence-electron chi connectivity index (χ3n) is 3.87. The highest BCUT2D eigenvalue weighted by molar-refractivity contribution is 5.85. The van der Waals surface area contributed by atoms with Crippen LogP contribution in [-0.4, -0.2) is 31.2 Å². The fourth-order valence-electron chi connectivity index (χ4n) is 2.66. The average molecular weight is 284 g/mol. The van der Waals surface area contributed by atoms with Crippen LogP contribution in [0.25, 0.3) is 11.2 Å². The SMILES string of the molecule is Nc1nc(NC2=CC2)c2ncn(C3C=CC(CO)C3)c2n1. The zero-order valence-corrected chi connectivity index (χ0v) is 11.4. The molecule has 21 heavy (non-hydrogen) atoms. The number of nitrogen functional groups attached to an aromatic ring is 1. The van der Waals surface area contributed by atoms with Crippen molar-refractivity contribution in [2.75, 3.05) is 17.7 Å². The Bertz CT molecular complexity index is 762. The number of aliphatic hydroxyl groups is 1. The number of allylic oxidation sites excluding steroid dienone is 3. The molecule has 2 aliphatic carbocycles. The Morgan fingerprint density at radius 2 is 2.24 bits per heavy atom. The summed E-state index contributed by atoms with van der Waals surface area (Å²) < 4.78 is 1.99. The van der Waals surface area contributed by atoms with Crippen molar-refractivity contribution in [1.82, 2.24) is 19.5 Å². The van der Waals surface area contributed by atoms with Gasteiger partial charge in [0.2, 0.25) is 5.95 Å². The minimum Gasteiger partial charge on any atom is -0.396 e. The molecule has 4 N–H and O–H groups in total. The van der Waals surface area contributed by atoms with Gasteiger partial charge in [0.1, 0.15) is 0 Å². The van der Waals surface area contributed by atoms with E-state index in [1.807, 2.05) is 10.6 Å². The highest BCUT2D eigenvalue weighted by atomic mass is 16.3. The smallest absolute Gasteiger partial charge is 0.224 e. The van der Waals surface area contributed by atoms with E-state index in [-0.39, 0.29) is 24.5 Å². The van der Waals surface area contributed by atoms with Gasteiger partial charge >= 0.3 is 0 Å². The standard InChI is InChI=1S/C14H16N6O/c15-14-18-12(17-9-2-3-9)11-13(19-14)20(7-16-11)10-4-1-8(5-10)6-21/h1-2,4,7-8,10,21H,3,5-6H2,(H3,15,17,18,19). The largest absolute Gasteiger partial charge is 0.396 e. The van der Waals surface area contributed by atoms with Crippen molar-refractivity contribution in [1.29, 1.82) is 0 Å². The molecular formula is C14H16N6O. The summed E-state index contributed by atoms with van der Waals surface area (Å²) in [6.07, 6.45) is 9.76. The summed E-state index contributed by atoms with van der Waals surface area (Å²) in [6, 6.07) is 0.148. The second-order valence-electron chi connectivity index (χ2n) is 5.44. The van der Waals surface area contributed by atoms with E-state index in [0.717, 1.165) is 29.7 Å². The van der Waals surface area contributed by atoms with Crippen LogP contribution in [0.2, 0.25) is 0 Å². The second-order valence-corrected chi connectivity index (χ2v) is 5.44. The van der Waals surface area contributed by atoms with E-state index >= 15 is 0 Å². The molecule has 108 valence electrons. The summed E-state index contributed by atoms with van der Waals surface area (Å²) in [6.45, 7) is 0.164. The van der Waals surface area contributed by atoms with Crippen LogP contribution in [0.3, 0.4) is 0 Å². The van der Waals surface area contributed by atoms with Crippen LogP contribution in [0.4, 0.5) is 11.8 Å². The van der Waals surface area contributed by atoms with Gasteiger partial charge < -0.3 is 20.7 Å². The zero-order chi connectivity index (χ0) is 14.4. The number of imidazole rings is 1. The van der Waals surface area contributed by atoms with Gasteiger partial charge in [0.05, 0.1) is 12.4 Å². The van der Waals surface area contributed by atoms with Gasteiger partial charge in [-0.05, 0) is 6.42 Å². The predicted octanol–water partition coefficient (Wildman–Crippen LogP) is 1.22. The van der Waals surface area contributed by atoms with Crippen LogP contribution < -0.4 is 11.1 Å². The molecule has 2 heterocycles. The number of anilines is 2. The van der Waals surface area contributed by atoms with Crippen molar-refractivity contribution >= 4 is 22.9 Å². The molecule has 2 atom stereocenters. The van der Waals surface area contributed by atoms with Gasteiger partial charge in [-0.3, -0.25) is 0 Å². The Balaban J connectivity index is 1.75. The van der Waals surface area contributed by atoms with Crippen LogP contribution in [-0.2, 0) is 0 Å². The van der Waals surface area contributed by atoms with Crippen molar-refractivity contribution in [3.63, 3.8) is 0 Å². The Morgan fingerprint density at radius 1 is 1.38 bits per heavy atom. The topological polar surface area (TPSA) is 102 Å².